The van der Waals surface area contributed by atoms with Crippen molar-refractivity contribution in [1.82, 2.24) is 14.9 Å². The molecule has 1 aliphatic heterocycles. The molecule has 0 atom stereocenters. The number of anilines is 2. The molecule has 2 heterocycles. The van der Waals surface area contributed by atoms with E-state index in [4.69, 9.17) is 5.73 Å². The molecule has 1 aromatic carbocycles. The fourth-order valence-electron chi connectivity index (χ4n) is 2.71. The van der Waals surface area contributed by atoms with Gasteiger partial charge in [0.15, 0.2) is 0 Å². The Balaban J connectivity index is 2.02. The normalized spacial score (nSPS) is 19.1. The number of nitrogens with one attached hydrogen (secondary N) is 1. The predicted octanol–water partition coefficient (Wildman–Crippen LogP) is 1.04. The molecule has 0 radical (unpaired) electrons. The maximum atomic E-state index is 12.2. The molecule has 112 valence electrons. The second kappa shape index (κ2) is 4.73. The van der Waals surface area contributed by atoms with E-state index in [-0.39, 0.29) is 11.1 Å². The molecule has 1 aromatic heterocycles. The van der Waals surface area contributed by atoms with E-state index in [1.165, 1.54) is 0 Å². The largest absolute Gasteiger partial charge is 0.399 e. The molecule has 0 bridgehead atoms. The third kappa shape index (κ3) is 2.47. The maximum absolute atomic E-state index is 12.2. The molecule has 1 saturated heterocycles. The fourth-order valence-corrected chi connectivity index (χ4v) is 2.71. The average molecular weight is 287 g/mol. The fraction of sp³-hybridized carbons (Fsp3) is 0.467. The molecule has 0 unspecified atom stereocenters. The number of nitrogen functional groups attached to an aromatic ring is 1. The molecule has 1 aliphatic rings. The number of rotatable bonds is 1. The summed E-state index contributed by atoms with van der Waals surface area (Å²) < 4.78 is 0. The topological polar surface area (TPSA) is 78.2 Å². The van der Waals surface area contributed by atoms with Gasteiger partial charge in [0.2, 0.25) is 5.95 Å². The van der Waals surface area contributed by atoms with Gasteiger partial charge in [-0.15, -0.1) is 0 Å². The van der Waals surface area contributed by atoms with Crippen LogP contribution in [0.2, 0.25) is 0 Å². The molecule has 0 spiro atoms. The van der Waals surface area contributed by atoms with E-state index in [0.717, 1.165) is 19.6 Å². The van der Waals surface area contributed by atoms with E-state index in [1.807, 2.05) is 0 Å². The summed E-state index contributed by atoms with van der Waals surface area (Å²) >= 11 is 0. The van der Waals surface area contributed by atoms with Crippen LogP contribution in [0.1, 0.15) is 13.8 Å². The van der Waals surface area contributed by atoms with E-state index < -0.39 is 0 Å². The first-order valence-electron chi connectivity index (χ1n) is 7.12. The molecule has 0 saturated carbocycles. The number of H-pyrrole nitrogens is 1. The van der Waals surface area contributed by atoms with Gasteiger partial charge in [0.1, 0.15) is 0 Å². The predicted molar refractivity (Wildman–Crippen MR) is 85.7 cm³/mol. The van der Waals surface area contributed by atoms with Crippen molar-refractivity contribution in [3.63, 3.8) is 0 Å². The van der Waals surface area contributed by atoms with Crippen LogP contribution < -0.4 is 16.2 Å². The van der Waals surface area contributed by atoms with Crippen molar-refractivity contribution in [2.24, 2.45) is 0 Å². The zero-order chi connectivity index (χ0) is 15.2. The minimum absolute atomic E-state index is 0.0485. The SMILES string of the molecule is CN1CCN(c2nc3ccc(N)cc3c(=O)[nH]2)CC1(C)C. The highest BCUT2D eigenvalue weighted by atomic mass is 16.1. The number of piperazine rings is 1. The number of aromatic amines is 1. The summed E-state index contributed by atoms with van der Waals surface area (Å²) in [6, 6.07) is 5.23. The number of benzene rings is 1. The zero-order valence-corrected chi connectivity index (χ0v) is 12.7. The van der Waals surface area contributed by atoms with Crippen LogP contribution in [0.15, 0.2) is 23.0 Å². The quantitative estimate of drug-likeness (QED) is 0.766. The lowest BCUT2D eigenvalue weighted by molar-refractivity contribution is 0.138. The lowest BCUT2D eigenvalue weighted by Crippen LogP contribution is -2.58. The molecular formula is C15H21N5O. The lowest BCUT2D eigenvalue weighted by atomic mass is 10.00. The van der Waals surface area contributed by atoms with Gasteiger partial charge in [0.25, 0.3) is 5.56 Å². The highest BCUT2D eigenvalue weighted by Gasteiger charge is 2.32. The molecule has 6 heteroatoms. The summed E-state index contributed by atoms with van der Waals surface area (Å²) in [5, 5.41) is 0.534. The minimum Gasteiger partial charge on any atom is -0.399 e. The number of likely N-dealkylation sites (N-methyl/N-ethyl adjacent to an activating group) is 1. The molecule has 6 nitrogen and oxygen atoms in total. The Labute approximate surface area is 123 Å². The Kier molecular flexibility index (Phi) is 3.13. The second-order valence-electron chi connectivity index (χ2n) is 6.32. The molecule has 0 amide bonds. The number of nitrogens with zero attached hydrogens (tertiary/aromatic N) is 3. The van der Waals surface area contributed by atoms with Crippen LogP contribution in [-0.4, -0.2) is 47.1 Å². The second-order valence-corrected chi connectivity index (χ2v) is 6.32. The van der Waals surface area contributed by atoms with Gasteiger partial charge in [0, 0.05) is 30.9 Å². The van der Waals surface area contributed by atoms with Gasteiger partial charge >= 0.3 is 0 Å². The Morgan fingerprint density at radius 1 is 1.33 bits per heavy atom. The Morgan fingerprint density at radius 3 is 2.81 bits per heavy atom. The van der Waals surface area contributed by atoms with Crippen LogP contribution in [0.5, 0.6) is 0 Å². The van der Waals surface area contributed by atoms with Gasteiger partial charge in [-0.1, -0.05) is 0 Å². The summed E-state index contributed by atoms with van der Waals surface area (Å²) in [7, 11) is 2.12. The van der Waals surface area contributed by atoms with Gasteiger partial charge in [-0.25, -0.2) is 4.98 Å². The summed E-state index contributed by atoms with van der Waals surface area (Å²) in [4.78, 5) is 24.2. The van der Waals surface area contributed by atoms with Crippen molar-refractivity contribution in [3.05, 3.63) is 28.6 Å². The first-order chi connectivity index (χ1) is 9.87. The van der Waals surface area contributed by atoms with Gasteiger partial charge in [-0.3, -0.25) is 14.7 Å². The van der Waals surface area contributed by atoms with E-state index in [0.29, 0.717) is 22.5 Å². The lowest BCUT2D eigenvalue weighted by Gasteiger charge is -2.45. The van der Waals surface area contributed by atoms with Crippen molar-refractivity contribution in [3.8, 4) is 0 Å². The van der Waals surface area contributed by atoms with E-state index >= 15 is 0 Å². The first-order valence-corrected chi connectivity index (χ1v) is 7.12. The molecule has 3 N–H and O–H groups in total. The van der Waals surface area contributed by atoms with Crippen molar-refractivity contribution < 1.29 is 0 Å². The molecule has 2 aromatic rings. The van der Waals surface area contributed by atoms with Crippen LogP contribution in [0.3, 0.4) is 0 Å². The highest BCUT2D eigenvalue weighted by Crippen LogP contribution is 2.22. The molecule has 0 aliphatic carbocycles. The third-order valence-corrected chi connectivity index (χ3v) is 4.33. The number of nitrogens with two attached hydrogens (primary N) is 1. The van der Waals surface area contributed by atoms with Crippen LogP contribution in [0, 0.1) is 0 Å². The van der Waals surface area contributed by atoms with Crippen molar-refractivity contribution in [2.75, 3.05) is 37.3 Å². The maximum Gasteiger partial charge on any atom is 0.260 e. The van der Waals surface area contributed by atoms with Crippen LogP contribution in [0.25, 0.3) is 10.9 Å². The third-order valence-electron chi connectivity index (χ3n) is 4.33. The number of fused-ring (bicyclic) bond motifs is 1. The average Bonchev–Trinajstić information content (AvgIpc) is 2.42. The molecular weight excluding hydrogens is 266 g/mol. The van der Waals surface area contributed by atoms with Crippen LogP contribution in [-0.2, 0) is 0 Å². The van der Waals surface area contributed by atoms with Gasteiger partial charge in [0.05, 0.1) is 10.9 Å². The van der Waals surface area contributed by atoms with Crippen LogP contribution in [0.4, 0.5) is 11.6 Å². The Hall–Kier alpha value is -2.08. The zero-order valence-electron chi connectivity index (χ0n) is 12.7. The summed E-state index contributed by atoms with van der Waals surface area (Å²) in [5.74, 6) is 0.637. The van der Waals surface area contributed by atoms with Crippen LogP contribution >= 0.6 is 0 Å². The summed E-state index contributed by atoms with van der Waals surface area (Å²) in [6.07, 6.45) is 0. The number of hydrogen-bond acceptors (Lipinski definition) is 5. The van der Waals surface area contributed by atoms with Crippen molar-refractivity contribution >= 4 is 22.5 Å². The van der Waals surface area contributed by atoms with Gasteiger partial charge in [-0.05, 0) is 39.1 Å². The standard InChI is InChI=1S/C15H21N5O/c1-15(2)9-20(7-6-19(15)3)14-17-12-5-4-10(16)8-11(12)13(21)18-14/h4-5,8H,6-7,9,16H2,1-3H3,(H,17,18,21). The molecule has 3 rings (SSSR count). The smallest absolute Gasteiger partial charge is 0.260 e. The Bertz CT molecular complexity index is 736. The summed E-state index contributed by atoms with van der Waals surface area (Å²) in [5.41, 5.74) is 6.89. The molecule has 21 heavy (non-hydrogen) atoms. The van der Waals surface area contributed by atoms with E-state index in [1.54, 1.807) is 18.2 Å². The monoisotopic (exact) mass is 287 g/mol. The highest BCUT2D eigenvalue weighted by molar-refractivity contribution is 5.81. The first kappa shape index (κ1) is 13.9. The molecule has 1 fully saturated rings. The number of hydrogen-bond donors (Lipinski definition) is 2. The Morgan fingerprint density at radius 2 is 2.10 bits per heavy atom. The van der Waals surface area contributed by atoms with Crippen molar-refractivity contribution in [2.45, 2.75) is 19.4 Å². The number of aromatic nitrogens is 2. The van der Waals surface area contributed by atoms with Gasteiger partial charge in [-0.2, -0.15) is 0 Å². The van der Waals surface area contributed by atoms with Crippen molar-refractivity contribution in [1.29, 1.82) is 0 Å². The van der Waals surface area contributed by atoms with Gasteiger partial charge < -0.3 is 10.6 Å². The van der Waals surface area contributed by atoms with E-state index in [2.05, 4.69) is 40.7 Å². The summed E-state index contributed by atoms with van der Waals surface area (Å²) in [6.45, 7) is 7.00. The minimum atomic E-state index is -0.140. The van der Waals surface area contributed by atoms with E-state index in [9.17, 15) is 4.79 Å².